The Morgan fingerprint density at radius 1 is 1.33 bits per heavy atom. The van der Waals surface area contributed by atoms with E-state index in [4.69, 9.17) is 0 Å². The SMILES string of the molecule is CCn1cc(CNc2ccc(C(=O)N=S(C)(=O)N(C)C)cc2)cn1. The van der Waals surface area contributed by atoms with Gasteiger partial charge >= 0.3 is 0 Å². The number of hydrogen-bond donors (Lipinski definition) is 1. The Morgan fingerprint density at radius 2 is 2.00 bits per heavy atom. The average Bonchev–Trinajstić information content (AvgIpc) is 3.01. The predicted molar refractivity (Wildman–Crippen MR) is 96.2 cm³/mol. The highest BCUT2D eigenvalue weighted by Crippen LogP contribution is 2.13. The van der Waals surface area contributed by atoms with Crippen LogP contribution in [0.5, 0.6) is 0 Å². The molecule has 0 aliphatic carbocycles. The van der Waals surface area contributed by atoms with Gasteiger partial charge in [-0.1, -0.05) is 0 Å². The molecule has 0 radical (unpaired) electrons. The van der Waals surface area contributed by atoms with Gasteiger partial charge in [0.05, 0.1) is 6.20 Å². The summed E-state index contributed by atoms with van der Waals surface area (Å²) >= 11 is 0. The van der Waals surface area contributed by atoms with Gasteiger partial charge in [-0.2, -0.15) is 5.10 Å². The van der Waals surface area contributed by atoms with E-state index >= 15 is 0 Å². The predicted octanol–water partition coefficient (Wildman–Crippen LogP) is 2.23. The van der Waals surface area contributed by atoms with Crippen LogP contribution in [0.4, 0.5) is 5.69 Å². The molecule has 1 amide bonds. The number of benzene rings is 1. The van der Waals surface area contributed by atoms with Crippen molar-refractivity contribution in [3.05, 3.63) is 47.8 Å². The molecular formula is C16H23N5O2S. The maximum Gasteiger partial charge on any atom is 0.286 e. The molecule has 24 heavy (non-hydrogen) atoms. The van der Waals surface area contributed by atoms with Crippen LogP contribution in [0.25, 0.3) is 0 Å². The molecule has 1 N–H and O–H groups in total. The Morgan fingerprint density at radius 3 is 2.54 bits per heavy atom. The van der Waals surface area contributed by atoms with Crippen molar-refractivity contribution in [3.8, 4) is 0 Å². The molecule has 1 aromatic heterocycles. The first-order valence-corrected chi connectivity index (χ1v) is 9.49. The first-order chi connectivity index (χ1) is 11.3. The monoisotopic (exact) mass is 349 g/mol. The molecule has 0 spiro atoms. The molecule has 8 heteroatoms. The van der Waals surface area contributed by atoms with Gasteiger partial charge in [-0.05, 0) is 31.2 Å². The Labute approximate surface area is 143 Å². The van der Waals surface area contributed by atoms with Gasteiger partial charge < -0.3 is 5.32 Å². The standard InChI is InChI=1S/C16H23N5O2S/c1-5-21-12-13(11-18-21)10-17-15-8-6-14(7-9-15)16(22)19-24(4,23)20(2)3/h6-9,11-12,17H,5,10H2,1-4H3. The minimum atomic E-state index is -2.67. The molecular weight excluding hydrogens is 326 g/mol. The lowest BCUT2D eigenvalue weighted by atomic mass is 10.2. The molecule has 2 rings (SSSR count). The third-order valence-corrected chi connectivity index (χ3v) is 5.43. The summed E-state index contributed by atoms with van der Waals surface area (Å²) in [5.41, 5.74) is 2.39. The molecule has 1 unspecified atom stereocenters. The molecule has 1 heterocycles. The summed E-state index contributed by atoms with van der Waals surface area (Å²) in [5.74, 6) is -0.480. The van der Waals surface area contributed by atoms with Crippen molar-refractivity contribution < 1.29 is 9.00 Å². The Hall–Kier alpha value is -2.19. The van der Waals surface area contributed by atoms with Crippen molar-refractivity contribution in [2.75, 3.05) is 25.7 Å². The zero-order valence-corrected chi connectivity index (χ0v) is 15.2. The van der Waals surface area contributed by atoms with Gasteiger partial charge in [0.1, 0.15) is 9.92 Å². The van der Waals surface area contributed by atoms with Crippen molar-refractivity contribution in [3.63, 3.8) is 0 Å². The molecule has 0 aliphatic rings. The highest BCUT2D eigenvalue weighted by Gasteiger charge is 2.10. The maximum absolute atomic E-state index is 12.1. The van der Waals surface area contributed by atoms with Crippen LogP contribution in [0.15, 0.2) is 41.0 Å². The Bertz CT molecular complexity index is 817. The van der Waals surface area contributed by atoms with E-state index in [2.05, 4.69) is 14.8 Å². The van der Waals surface area contributed by atoms with Gasteiger partial charge in [-0.15, -0.1) is 4.36 Å². The minimum Gasteiger partial charge on any atom is -0.381 e. The second-order valence-corrected chi connectivity index (χ2v) is 8.04. The van der Waals surface area contributed by atoms with E-state index in [0.717, 1.165) is 17.8 Å². The number of nitrogens with one attached hydrogen (secondary N) is 1. The van der Waals surface area contributed by atoms with Gasteiger partial charge in [0, 0.05) is 56.5 Å². The van der Waals surface area contributed by atoms with Gasteiger partial charge in [0.15, 0.2) is 0 Å². The van der Waals surface area contributed by atoms with Crippen LogP contribution in [0.3, 0.4) is 0 Å². The van der Waals surface area contributed by atoms with E-state index in [0.29, 0.717) is 12.1 Å². The second kappa shape index (κ2) is 7.59. The number of aryl methyl sites for hydroxylation is 1. The van der Waals surface area contributed by atoms with E-state index in [1.54, 1.807) is 38.4 Å². The summed E-state index contributed by atoms with van der Waals surface area (Å²) in [6, 6.07) is 6.96. The van der Waals surface area contributed by atoms with Crippen LogP contribution in [0.2, 0.25) is 0 Å². The van der Waals surface area contributed by atoms with Crippen molar-refractivity contribution in [2.45, 2.75) is 20.0 Å². The fraction of sp³-hybridized carbons (Fsp3) is 0.375. The third kappa shape index (κ3) is 4.65. The quantitative estimate of drug-likeness (QED) is 0.867. The van der Waals surface area contributed by atoms with E-state index in [1.807, 2.05) is 24.0 Å². The minimum absolute atomic E-state index is 0.413. The number of anilines is 1. The number of aromatic nitrogens is 2. The first-order valence-electron chi connectivity index (χ1n) is 7.61. The summed E-state index contributed by atoms with van der Waals surface area (Å²) < 4.78 is 19.2. The van der Waals surface area contributed by atoms with Crippen LogP contribution < -0.4 is 5.32 Å². The number of nitrogens with zero attached hydrogens (tertiary/aromatic N) is 4. The van der Waals surface area contributed by atoms with Gasteiger partial charge in [0.25, 0.3) is 5.91 Å². The van der Waals surface area contributed by atoms with Crippen LogP contribution in [-0.4, -0.2) is 44.6 Å². The Kier molecular flexibility index (Phi) is 5.74. The fourth-order valence-electron chi connectivity index (χ4n) is 1.89. The molecule has 1 atom stereocenters. The van der Waals surface area contributed by atoms with E-state index in [1.165, 1.54) is 10.6 Å². The molecule has 0 fully saturated rings. The van der Waals surface area contributed by atoms with Crippen molar-refractivity contribution in [2.24, 2.45) is 4.36 Å². The highest BCUT2D eigenvalue weighted by atomic mass is 32.2. The van der Waals surface area contributed by atoms with E-state index in [-0.39, 0.29) is 0 Å². The number of carbonyl (C=O) groups excluding carboxylic acids is 1. The van der Waals surface area contributed by atoms with Gasteiger partial charge in [0.2, 0.25) is 0 Å². The summed E-state index contributed by atoms with van der Waals surface area (Å²) in [6.07, 6.45) is 5.26. The molecule has 0 saturated carbocycles. The topological polar surface area (TPSA) is 79.6 Å². The van der Waals surface area contributed by atoms with E-state index in [9.17, 15) is 9.00 Å². The third-order valence-electron chi connectivity index (χ3n) is 3.57. The lowest BCUT2D eigenvalue weighted by Gasteiger charge is -2.11. The van der Waals surface area contributed by atoms with Crippen molar-refractivity contribution >= 4 is 21.5 Å². The summed E-state index contributed by atoms with van der Waals surface area (Å²) in [7, 11) is 0.595. The highest BCUT2D eigenvalue weighted by molar-refractivity contribution is 7.90. The maximum atomic E-state index is 12.1. The fourth-order valence-corrected chi connectivity index (χ4v) is 2.47. The number of amides is 1. The molecule has 130 valence electrons. The molecule has 0 aliphatic heterocycles. The number of carbonyl (C=O) groups is 1. The smallest absolute Gasteiger partial charge is 0.286 e. The lowest BCUT2D eigenvalue weighted by molar-refractivity contribution is 0.100. The lowest BCUT2D eigenvalue weighted by Crippen LogP contribution is -2.21. The number of rotatable bonds is 6. The van der Waals surface area contributed by atoms with Crippen molar-refractivity contribution in [1.82, 2.24) is 14.1 Å². The summed E-state index contributed by atoms with van der Waals surface area (Å²) in [6.45, 7) is 3.53. The molecule has 2 aromatic rings. The largest absolute Gasteiger partial charge is 0.381 e. The molecule has 0 bridgehead atoms. The summed E-state index contributed by atoms with van der Waals surface area (Å²) in [5, 5.41) is 7.49. The zero-order valence-electron chi connectivity index (χ0n) is 14.4. The second-order valence-electron chi connectivity index (χ2n) is 5.61. The van der Waals surface area contributed by atoms with E-state index < -0.39 is 15.8 Å². The van der Waals surface area contributed by atoms with Crippen LogP contribution in [0, 0.1) is 0 Å². The van der Waals surface area contributed by atoms with Gasteiger partial charge in [-0.25, -0.2) is 8.51 Å². The average molecular weight is 349 g/mol. The van der Waals surface area contributed by atoms with Crippen LogP contribution in [-0.2, 0) is 23.0 Å². The van der Waals surface area contributed by atoms with Crippen LogP contribution in [0.1, 0.15) is 22.8 Å². The normalized spacial score (nSPS) is 13.5. The molecule has 7 nitrogen and oxygen atoms in total. The van der Waals surface area contributed by atoms with Gasteiger partial charge in [-0.3, -0.25) is 9.48 Å². The first kappa shape index (κ1) is 18.2. The van der Waals surface area contributed by atoms with Crippen molar-refractivity contribution in [1.29, 1.82) is 0 Å². The Balaban J connectivity index is 2.02. The molecule has 0 saturated heterocycles. The number of hydrogen-bond acceptors (Lipinski definition) is 4. The van der Waals surface area contributed by atoms with Crippen LogP contribution >= 0.6 is 0 Å². The molecule has 1 aromatic carbocycles. The summed E-state index contributed by atoms with van der Waals surface area (Å²) in [4.78, 5) is 12.1. The zero-order chi connectivity index (χ0) is 17.7.